The number of allylic oxidation sites excluding steroid dienone is 1. The van der Waals surface area contributed by atoms with E-state index in [9.17, 15) is 23.1 Å². The quantitative estimate of drug-likeness (QED) is 0.220. The third-order valence-electron chi connectivity index (χ3n) is 9.02. The summed E-state index contributed by atoms with van der Waals surface area (Å²) in [7, 11) is -3.83. The van der Waals surface area contributed by atoms with Crippen LogP contribution < -0.4 is 14.4 Å². The number of hydrogen-bond donors (Lipinski definition) is 2. The molecule has 2 aliphatic rings. The SMILES string of the molecule is CC/C=C/[C@](O)(C=O)[C@@H]1CC[C@H]1CN1C[C@](C)(c2ccc(Cl)cc2CCC)COc2ccc(C(=O)NS(=O)(=O)C(C)C)cc21. The zero-order valence-electron chi connectivity index (χ0n) is 26.3. The van der Waals surface area contributed by atoms with Crippen molar-refractivity contribution in [2.75, 3.05) is 24.6 Å². The first-order valence-electron chi connectivity index (χ1n) is 15.5. The maximum Gasteiger partial charge on any atom is 0.264 e. The van der Waals surface area contributed by atoms with Crippen molar-refractivity contribution in [2.24, 2.45) is 11.8 Å². The van der Waals surface area contributed by atoms with E-state index in [4.69, 9.17) is 16.3 Å². The molecule has 10 heteroatoms. The fraction of sp³-hybridized carbons (Fsp3) is 0.529. The van der Waals surface area contributed by atoms with Gasteiger partial charge in [0.25, 0.3) is 5.91 Å². The fourth-order valence-corrected chi connectivity index (χ4v) is 7.12. The second kappa shape index (κ2) is 13.6. The van der Waals surface area contributed by atoms with Crippen molar-refractivity contribution < 1.29 is 27.9 Å². The molecule has 1 amide bonds. The highest BCUT2D eigenvalue weighted by Crippen LogP contribution is 2.46. The van der Waals surface area contributed by atoms with Gasteiger partial charge in [-0.25, -0.2) is 13.1 Å². The van der Waals surface area contributed by atoms with Gasteiger partial charge < -0.3 is 14.7 Å². The molecule has 240 valence electrons. The highest BCUT2D eigenvalue weighted by atomic mass is 35.5. The monoisotopic (exact) mass is 644 g/mol. The number of aldehydes is 1. The van der Waals surface area contributed by atoms with Gasteiger partial charge in [-0.3, -0.25) is 9.59 Å². The van der Waals surface area contributed by atoms with E-state index in [-0.39, 0.29) is 17.4 Å². The van der Waals surface area contributed by atoms with E-state index in [1.165, 1.54) is 13.8 Å². The minimum Gasteiger partial charge on any atom is -0.490 e. The molecule has 1 heterocycles. The second-order valence-electron chi connectivity index (χ2n) is 12.7. The Morgan fingerprint density at radius 3 is 2.59 bits per heavy atom. The van der Waals surface area contributed by atoms with E-state index in [1.807, 2.05) is 25.1 Å². The number of anilines is 1. The number of rotatable bonds is 12. The van der Waals surface area contributed by atoms with Crippen molar-refractivity contribution in [3.05, 3.63) is 70.3 Å². The van der Waals surface area contributed by atoms with Crippen LogP contribution in [0.15, 0.2) is 48.6 Å². The van der Waals surface area contributed by atoms with Gasteiger partial charge in [0.2, 0.25) is 10.0 Å². The van der Waals surface area contributed by atoms with Crippen molar-refractivity contribution in [1.82, 2.24) is 4.72 Å². The van der Waals surface area contributed by atoms with Crippen LogP contribution in [0.3, 0.4) is 0 Å². The van der Waals surface area contributed by atoms with Crippen molar-refractivity contribution in [2.45, 2.75) is 83.0 Å². The first-order valence-corrected chi connectivity index (χ1v) is 17.4. The number of sulfonamides is 1. The van der Waals surface area contributed by atoms with Crippen LogP contribution in [-0.2, 0) is 26.7 Å². The number of halogens is 1. The number of aliphatic hydroxyl groups is 1. The number of nitrogens with one attached hydrogen (secondary N) is 1. The van der Waals surface area contributed by atoms with Gasteiger partial charge in [-0.05, 0) is 93.0 Å². The third-order valence-corrected chi connectivity index (χ3v) is 11.0. The van der Waals surface area contributed by atoms with E-state index < -0.39 is 32.2 Å². The second-order valence-corrected chi connectivity index (χ2v) is 15.4. The number of nitrogens with zero attached hydrogens (tertiary/aromatic N) is 1. The molecule has 0 bridgehead atoms. The summed E-state index contributed by atoms with van der Waals surface area (Å²) in [6.45, 7) is 10.7. The molecule has 8 nitrogen and oxygen atoms in total. The molecule has 1 saturated carbocycles. The van der Waals surface area contributed by atoms with E-state index in [1.54, 1.807) is 24.3 Å². The molecule has 0 saturated heterocycles. The smallest absolute Gasteiger partial charge is 0.264 e. The summed E-state index contributed by atoms with van der Waals surface area (Å²) in [6, 6.07) is 10.9. The molecule has 0 spiro atoms. The Hall–Kier alpha value is -2.88. The first-order chi connectivity index (χ1) is 20.8. The lowest BCUT2D eigenvalue weighted by atomic mass is 9.64. The minimum absolute atomic E-state index is 0.000961. The molecule has 1 aliphatic heterocycles. The minimum atomic E-state index is -3.83. The Kier molecular flexibility index (Phi) is 10.5. The van der Waals surface area contributed by atoms with Crippen molar-refractivity contribution in [1.29, 1.82) is 0 Å². The summed E-state index contributed by atoms with van der Waals surface area (Å²) in [4.78, 5) is 27.4. The topological polar surface area (TPSA) is 113 Å². The molecule has 2 aromatic rings. The Morgan fingerprint density at radius 1 is 1.23 bits per heavy atom. The van der Waals surface area contributed by atoms with E-state index in [0.29, 0.717) is 48.9 Å². The lowest BCUT2D eigenvalue weighted by Gasteiger charge is -2.46. The standard InChI is InChI=1S/C34H45ClN2O6S/c1-6-8-16-34(40,21-38)29-13-10-26(29)19-37-20-33(5,28-14-12-27(35)17-24(28)9-7-2)22-43-31-15-11-25(18-30(31)37)32(39)36-44(41,42)23(3)4/h8,11-12,14-18,21,23,26,29,40H,6-7,9-10,13,19-20,22H2,1-5H3,(H,36,39)/b16-8+/t26-,29+,33-,34-/m0/s1. The number of amides is 1. The lowest BCUT2D eigenvalue weighted by Crippen LogP contribution is -2.52. The van der Waals surface area contributed by atoms with E-state index in [2.05, 4.69) is 29.5 Å². The van der Waals surface area contributed by atoms with Gasteiger partial charge in [0.05, 0.1) is 17.5 Å². The van der Waals surface area contributed by atoms with Crippen LogP contribution in [-0.4, -0.2) is 56.3 Å². The Bertz CT molecular complexity index is 1510. The summed E-state index contributed by atoms with van der Waals surface area (Å²) in [6.07, 6.45) is 8.14. The van der Waals surface area contributed by atoms with Crippen LogP contribution in [0, 0.1) is 11.8 Å². The highest BCUT2D eigenvalue weighted by Gasteiger charge is 2.47. The summed E-state index contributed by atoms with van der Waals surface area (Å²) in [5, 5.41) is 11.2. The maximum atomic E-state index is 13.1. The van der Waals surface area contributed by atoms with Gasteiger partial charge in [-0.1, -0.05) is 50.9 Å². The zero-order chi connectivity index (χ0) is 32.3. The van der Waals surface area contributed by atoms with Gasteiger partial charge in [-0.15, -0.1) is 0 Å². The first kappa shape index (κ1) is 34.0. The molecule has 4 rings (SSSR count). The lowest BCUT2D eigenvalue weighted by molar-refractivity contribution is -0.130. The normalized spacial score (nSPS) is 23.3. The predicted molar refractivity (Wildman–Crippen MR) is 175 cm³/mol. The number of benzene rings is 2. The third kappa shape index (κ3) is 7.16. The maximum absolute atomic E-state index is 13.1. The fourth-order valence-electron chi connectivity index (χ4n) is 6.31. The summed E-state index contributed by atoms with van der Waals surface area (Å²) in [5.74, 6) is -0.384. The van der Waals surface area contributed by atoms with Crippen LogP contribution in [0.5, 0.6) is 5.75 Å². The van der Waals surface area contributed by atoms with Crippen LogP contribution in [0.1, 0.15) is 81.8 Å². The molecule has 0 unspecified atom stereocenters. The van der Waals surface area contributed by atoms with Gasteiger partial charge >= 0.3 is 0 Å². The van der Waals surface area contributed by atoms with Crippen LogP contribution in [0.25, 0.3) is 0 Å². The summed E-state index contributed by atoms with van der Waals surface area (Å²) in [5.41, 5.74) is 1.12. The largest absolute Gasteiger partial charge is 0.490 e. The van der Waals surface area contributed by atoms with Crippen LogP contribution in [0.4, 0.5) is 5.69 Å². The van der Waals surface area contributed by atoms with Gasteiger partial charge in [0.15, 0.2) is 6.29 Å². The molecule has 4 atom stereocenters. The van der Waals surface area contributed by atoms with E-state index in [0.717, 1.165) is 36.8 Å². The van der Waals surface area contributed by atoms with Crippen molar-refractivity contribution >= 4 is 39.5 Å². The summed E-state index contributed by atoms with van der Waals surface area (Å²) < 4.78 is 33.6. The molecule has 2 N–H and O–H groups in total. The number of hydrogen-bond acceptors (Lipinski definition) is 7. The van der Waals surface area contributed by atoms with Crippen molar-refractivity contribution in [3.8, 4) is 5.75 Å². The zero-order valence-corrected chi connectivity index (χ0v) is 27.9. The molecule has 44 heavy (non-hydrogen) atoms. The molecule has 0 radical (unpaired) electrons. The highest BCUT2D eigenvalue weighted by molar-refractivity contribution is 7.90. The summed E-state index contributed by atoms with van der Waals surface area (Å²) >= 11 is 6.41. The average Bonchev–Trinajstić information content (AvgIpc) is 3.10. The average molecular weight is 645 g/mol. The number of carbonyl (C=O) groups is 2. The number of ether oxygens (including phenoxy) is 1. The van der Waals surface area contributed by atoms with Gasteiger partial charge in [0, 0.05) is 35.0 Å². The van der Waals surface area contributed by atoms with Crippen molar-refractivity contribution in [3.63, 3.8) is 0 Å². The number of fused-ring (bicyclic) bond motifs is 1. The molecule has 2 aromatic carbocycles. The van der Waals surface area contributed by atoms with Crippen LogP contribution >= 0.6 is 11.6 Å². The van der Waals surface area contributed by atoms with Gasteiger partial charge in [0.1, 0.15) is 11.4 Å². The van der Waals surface area contributed by atoms with Crippen LogP contribution in [0.2, 0.25) is 5.02 Å². The van der Waals surface area contributed by atoms with E-state index >= 15 is 0 Å². The Balaban J connectivity index is 1.76. The molecule has 1 aliphatic carbocycles. The Labute approximate surface area is 266 Å². The number of carbonyl (C=O) groups excluding carboxylic acids is 2. The number of aryl methyl sites for hydroxylation is 1. The van der Waals surface area contributed by atoms with Gasteiger partial charge in [-0.2, -0.15) is 0 Å². The molecular weight excluding hydrogens is 600 g/mol. The molecule has 0 aromatic heterocycles. The molecule has 1 fully saturated rings. The Morgan fingerprint density at radius 2 is 1.98 bits per heavy atom. The predicted octanol–water partition coefficient (Wildman–Crippen LogP) is 5.84. The molecular formula is C34H45ClN2O6S.